The Hall–Kier alpha value is -0.250. The number of nitrogens with zero attached hydrogens (tertiary/aromatic N) is 2. The van der Waals surface area contributed by atoms with Crippen LogP contribution in [0.2, 0.25) is 0 Å². The molecule has 1 atom stereocenters. The quantitative estimate of drug-likeness (QED) is 0.703. The van der Waals surface area contributed by atoms with Gasteiger partial charge in [0.25, 0.3) is 0 Å². The van der Waals surface area contributed by atoms with Crippen LogP contribution in [-0.2, 0) is 10.0 Å². The van der Waals surface area contributed by atoms with Gasteiger partial charge < -0.3 is 0 Å². The highest BCUT2D eigenvalue weighted by atomic mass is 32.2. The fraction of sp³-hybridized carbons (Fsp3) is 0.917. The lowest BCUT2D eigenvalue weighted by atomic mass is 10.1. The summed E-state index contributed by atoms with van der Waals surface area (Å²) < 4.78 is 25.9. The van der Waals surface area contributed by atoms with Crippen molar-refractivity contribution in [1.82, 2.24) is 4.31 Å². The Morgan fingerprint density at radius 3 is 2.78 bits per heavy atom. The molecule has 1 rings (SSSR count). The number of sulfonamides is 1. The van der Waals surface area contributed by atoms with Crippen LogP contribution in [0, 0.1) is 17.2 Å². The van der Waals surface area contributed by atoms with Gasteiger partial charge in [-0.1, -0.05) is 13.8 Å². The van der Waals surface area contributed by atoms with Gasteiger partial charge in [-0.25, -0.2) is 8.42 Å². The summed E-state index contributed by atoms with van der Waals surface area (Å²) in [5.41, 5.74) is 0. The molecule has 0 aromatic heterocycles. The lowest BCUT2D eigenvalue weighted by Gasteiger charge is -2.33. The highest BCUT2D eigenvalue weighted by Gasteiger charge is 2.30. The van der Waals surface area contributed by atoms with Crippen LogP contribution in [-0.4, -0.2) is 42.6 Å². The van der Waals surface area contributed by atoms with Crippen LogP contribution >= 0.6 is 11.8 Å². The van der Waals surface area contributed by atoms with E-state index < -0.39 is 10.0 Å². The predicted molar refractivity (Wildman–Crippen MR) is 75.9 cm³/mol. The Morgan fingerprint density at radius 1 is 1.44 bits per heavy atom. The van der Waals surface area contributed by atoms with E-state index in [-0.39, 0.29) is 5.75 Å². The summed E-state index contributed by atoms with van der Waals surface area (Å²) in [6.07, 6.45) is 1.71. The first-order chi connectivity index (χ1) is 8.47. The summed E-state index contributed by atoms with van der Waals surface area (Å²) in [6, 6.07) is 2.04. The van der Waals surface area contributed by atoms with E-state index in [1.165, 1.54) is 0 Å². The fourth-order valence-corrected chi connectivity index (χ4v) is 5.02. The molecule has 0 aromatic carbocycles. The monoisotopic (exact) mass is 290 g/mol. The zero-order chi connectivity index (χ0) is 13.6. The van der Waals surface area contributed by atoms with Crippen LogP contribution in [0.1, 0.15) is 33.1 Å². The topological polar surface area (TPSA) is 61.2 Å². The van der Waals surface area contributed by atoms with Crippen LogP contribution in [0.4, 0.5) is 0 Å². The van der Waals surface area contributed by atoms with Gasteiger partial charge in [0.1, 0.15) is 0 Å². The molecule has 1 heterocycles. The third kappa shape index (κ3) is 4.79. The Morgan fingerprint density at radius 2 is 2.17 bits per heavy atom. The van der Waals surface area contributed by atoms with E-state index in [1.54, 1.807) is 4.31 Å². The van der Waals surface area contributed by atoms with E-state index in [9.17, 15) is 8.42 Å². The van der Waals surface area contributed by atoms with E-state index in [4.69, 9.17) is 5.26 Å². The number of unbranched alkanes of at least 4 members (excludes halogenated alkanes) is 2. The van der Waals surface area contributed by atoms with Crippen LogP contribution in [0.25, 0.3) is 0 Å². The molecule has 1 aliphatic rings. The van der Waals surface area contributed by atoms with E-state index in [1.807, 2.05) is 17.8 Å². The van der Waals surface area contributed by atoms with E-state index in [0.717, 1.165) is 5.75 Å². The Balaban J connectivity index is 2.49. The number of thioether (sulfide) groups is 1. The molecule has 1 fully saturated rings. The van der Waals surface area contributed by atoms with E-state index >= 15 is 0 Å². The van der Waals surface area contributed by atoms with Crippen molar-refractivity contribution < 1.29 is 8.42 Å². The number of hydrogen-bond donors (Lipinski definition) is 0. The zero-order valence-corrected chi connectivity index (χ0v) is 12.8. The Labute approximate surface area is 115 Å². The molecule has 0 aliphatic carbocycles. The molecule has 0 spiro atoms. The fourth-order valence-electron chi connectivity index (χ4n) is 1.92. The summed E-state index contributed by atoms with van der Waals surface area (Å²) in [4.78, 5) is 0. The second-order valence-electron chi connectivity index (χ2n) is 4.94. The van der Waals surface area contributed by atoms with Gasteiger partial charge in [0.05, 0.1) is 11.8 Å². The molecule has 0 amide bonds. The van der Waals surface area contributed by atoms with Crippen molar-refractivity contribution in [2.75, 3.05) is 24.6 Å². The molecule has 0 bridgehead atoms. The Bertz CT molecular complexity index is 387. The largest absolute Gasteiger partial charge is 0.214 e. The van der Waals surface area contributed by atoms with Crippen molar-refractivity contribution in [3.05, 3.63) is 0 Å². The summed E-state index contributed by atoms with van der Waals surface area (Å²) in [6.45, 7) is 5.55. The van der Waals surface area contributed by atoms with Crippen LogP contribution < -0.4 is 0 Å². The van der Waals surface area contributed by atoms with Crippen molar-refractivity contribution in [3.63, 3.8) is 0 Å². The van der Waals surface area contributed by atoms with Crippen molar-refractivity contribution in [2.45, 2.75) is 38.4 Å². The van der Waals surface area contributed by atoms with Crippen molar-refractivity contribution in [2.24, 2.45) is 5.92 Å². The molecule has 1 aliphatic heterocycles. The summed E-state index contributed by atoms with van der Waals surface area (Å²) >= 11 is 1.87. The molecule has 1 saturated heterocycles. The second-order valence-corrected chi connectivity index (χ2v) is 8.38. The van der Waals surface area contributed by atoms with Gasteiger partial charge in [0.15, 0.2) is 0 Å². The standard InChI is InChI=1S/C12H22N2O2S2/c1-11(2)12-10-14(7-8-17-12)18(15,16)9-5-3-4-6-13/h11-12H,3-5,7-10H2,1-2H3/t12-/m1/s1. The molecule has 18 heavy (non-hydrogen) atoms. The van der Waals surface area contributed by atoms with Crippen LogP contribution in [0.3, 0.4) is 0 Å². The number of hydrogen-bond acceptors (Lipinski definition) is 4. The van der Waals surface area contributed by atoms with Crippen molar-refractivity contribution in [3.8, 4) is 6.07 Å². The zero-order valence-electron chi connectivity index (χ0n) is 11.1. The van der Waals surface area contributed by atoms with Crippen molar-refractivity contribution in [1.29, 1.82) is 5.26 Å². The van der Waals surface area contributed by atoms with Gasteiger partial charge >= 0.3 is 0 Å². The highest BCUT2D eigenvalue weighted by molar-refractivity contribution is 8.00. The van der Waals surface area contributed by atoms with E-state index in [0.29, 0.717) is 43.5 Å². The molecule has 0 radical (unpaired) electrons. The van der Waals surface area contributed by atoms with Gasteiger partial charge in [-0.05, 0) is 18.8 Å². The van der Waals surface area contributed by atoms with Crippen molar-refractivity contribution >= 4 is 21.8 Å². The number of nitriles is 1. The van der Waals surface area contributed by atoms with Gasteiger partial charge in [0, 0.05) is 30.5 Å². The average Bonchev–Trinajstić information content (AvgIpc) is 2.35. The lowest BCUT2D eigenvalue weighted by molar-refractivity contribution is 0.391. The normalized spacial score (nSPS) is 22.0. The maximum absolute atomic E-state index is 12.2. The van der Waals surface area contributed by atoms with Gasteiger partial charge in [-0.3, -0.25) is 0 Å². The third-order valence-electron chi connectivity index (χ3n) is 3.13. The first-order valence-corrected chi connectivity index (χ1v) is 9.09. The highest BCUT2D eigenvalue weighted by Crippen LogP contribution is 2.26. The summed E-state index contributed by atoms with van der Waals surface area (Å²) in [7, 11) is -3.12. The molecule has 4 nitrogen and oxygen atoms in total. The second kappa shape index (κ2) is 7.37. The molecule has 0 unspecified atom stereocenters. The molecule has 0 aromatic rings. The molecule has 0 saturated carbocycles. The minimum absolute atomic E-state index is 0.185. The van der Waals surface area contributed by atoms with Gasteiger partial charge in [0.2, 0.25) is 10.0 Å². The minimum atomic E-state index is -3.12. The number of rotatable bonds is 6. The predicted octanol–water partition coefficient (Wildman–Crippen LogP) is 2.08. The first kappa shape index (κ1) is 15.8. The molecular weight excluding hydrogens is 268 g/mol. The Kier molecular flexibility index (Phi) is 6.47. The maximum Gasteiger partial charge on any atom is 0.214 e. The minimum Gasteiger partial charge on any atom is -0.212 e. The summed E-state index contributed by atoms with van der Waals surface area (Å²) in [5.74, 6) is 1.58. The molecule has 0 N–H and O–H groups in total. The SMILES string of the molecule is CC(C)[C@H]1CN(S(=O)(=O)CCCCC#N)CCS1. The van der Waals surface area contributed by atoms with Crippen LogP contribution in [0.15, 0.2) is 0 Å². The lowest BCUT2D eigenvalue weighted by Crippen LogP contribution is -2.44. The van der Waals surface area contributed by atoms with E-state index in [2.05, 4.69) is 13.8 Å². The van der Waals surface area contributed by atoms with Crippen LogP contribution in [0.5, 0.6) is 0 Å². The third-order valence-corrected chi connectivity index (χ3v) is 6.60. The maximum atomic E-state index is 12.2. The molecule has 6 heteroatoms. The average molecular weight is 290 g/mol. The molecular formula is C12H22N2O2S2. The smallest absolute Gasteiger partial charge is 0.212 e. The summed E-state index contributed by atoms with van der Waals surface area (Å²) in [5, 5.41) is 8.84. The van der Waals surface area contributed by atoms with Gasteiger partial charge in [-0.2, -0.15) is 21.3 Å². The molecule has 104 valence electrons. The van der Waals surface area contributed by atoms with Gasteiger partial charge in [-0.15, -0.1) is 0 Å². The first-order valence-electron chi connectivity index (χ1n) is 6.43.